The fraction of sp³-hybridized carbons (Fsp3) is 0.222. The van der Waals surface area contributed by atoms with E-state index < -0.39 is 6.04 Å². The quantitative estimate of drug-likeness (QED) is 0.490. The van der Waals surface area contributed by atoms with Crippen molar-refractivity contribution in [2.24, 2.45) is 5.11 Å². The van der Waals surface area contributed by atoms with Gasteiger partial charge in [-0.1, -0.05) is 17.2 Å². The first-order valence-electron chi connectivity index (χ1n) is 4.35. The molecule has 1 unspecified atom stereocenters. The summed E-state index contributed by atoms with van der Waals surface area (Å²) >= 11 is 1.43. The van der Waals surface area contributed by atoms with Crippen LogP contribution in [0.2, 0.25) is 0 Å². The molecule has 1 aromatic heterocycles. The molecule has 1 atom stereocenters. The molecule has 0 saturated carbocycles. The molecule has 0 aliphatic heterocycles. The van der Waals surface area contributed by atoms with Gasteiger partial charge >= 0.3 is 0 Å². The van der Waals surface area contributed by atoms with Gasteiger partial charge in [0.2, 0.25) is 0 Å². The second-order valence-electron chi connectivity index (χ2n) is 2.92. The summed E-state index contributed by atoms with van der Waals surface area (Å²) in [5.74, 6) is 0. The zero-order valence-electron chi connectivity index (χ0n) is 7.74. The molecule has 0 fully saturated rings. The average Bonchev–Trinajstić information content (AvgIpc) is 2.69. The summed E-state index contributed by atoms with van der Waals surface area (Å²) in [7, 11) is 0. The summed E-state index contributed by atoms with van der Waals surface area (Å²) < 4.78 is 1.03. The van der Waals surface area contributed by atoms with Gasteiger partial charge in [-0.05, 0) is 17.7 Å². The van der Waals surface area contributed by atoms with Gasteiger partial charge < -0.3 is 5.11 Å². The normalized spacial score (nSPS) is 12.3. The summed E-state index contributed by atoms with van der Waals surface area (Å²) in [6.45, 7) is -0.218. The summed E-state index contributed by atoms with van der Waals surface area (Å²) in [4.78, 5) is 6.98. The molecule has 0 aliphatic rings. The highest BCUT2D eigenvalue weighted by Gasteiger charge is 2.13. The number of para-hydroxylation sites is 1. The molecule has 1 aromatic carbocycles. The molecule has 0 amide bonds. The Hall–Kier alpha value is -1.62. The molecule has 1 N–H and O–H groups in total. The minimum atomic E-state index is -0.576. The van der Waals surface area contributed by atoms with Crippen molar-refractivity contribution in [3.63, 3.8) is 0 Å². The van der Waals surface area contributed by atoms with E-state index in [1.165, 1.54) is 11.3 Å². The van der Waals surface area contributed by atoms with Crippen LogP contribution in [0.3, 0.4) is 0 Å². The molecule has 0 spiro atoms. The van der Waals surface area contributed by atoms with Gasteiger partial charge in [-0.15, -0.1) is 11.3 Å². The second-order valence-corrected chi connectivity index (χ2v) is 3.99. The monoisotopic (exact) mass is 220 g/mol. The van der Waals surface area contributed by atoms with Crippen molar-refractivity contribution in [1.29, 1.82) is 0 Å². The minimum absolute atomic E-state index is 0.218. The Labute approximate surface area is 89.6 Å². The van der Waals surface area contributed by atoms with Crippen LogP contribution in [0.4, 0.5) is 0 Å². The van der Waals surface area contributed by atoms with Gasteiger partial charge in [0.15, 0.2) is 0 Å². The number of nitrogens with zero attached hydrogens (tertiary/aromatic N) is 4. The fourth-order valence-corrected chi connectivity index (χ4v) is 2.25. The predicted molar refractivity (Wildman–Crippen MR) is 58.6 cm³/mol. The van der Waals surface area contributed by atoms with Crippen molar-refractivity contribution >= 4 is 21.6 Å². The maximum absolute atomic E-state index is 9.04. The molecular weight excluding hydrogens is 212 g/mol. The van der Waals surface area contributed by atoms with E-state index in [1.807, 2.05) is 24.3 Å². The lowest BCUT2D eigenvalue weighted by atomic mass is 10.3. The van der Waals surface area contributed by atoms with Crippen molar-refractivity contribution in [1.82, 2.24) is 4.98 Å². The van der Waals surface area contributed by atoms with Crippen LogP contribution in [0.15, 0.2) is 29.4 Å². The molecule has 1 heterocycles. The van der Waals surface area contributed by atoms with E-state index in [-0.39, 0.29) is 6.61 Å². The zero-order valence-corrected chi connectivity index (χ0v) is 8.55. The zero-order chi connectivity index (χ0) is 10.7. The number of fused-ring (bicyclic) bond motifs is 1. The molecular formula is C9H8N4OS. The maximum atomic E-state index is 9.04. The van der Waals surface area contributed by atoms with Crippen molar-refractivity contribution in [3.05, 3.63) is 39.7 Å². The van der Waals surface area contributed by atoms with Gasteiger partial charge in [0.05, 0.1) is 16.8 Å². The molecule has 15 heavy (non-hydrogen) atoms. The van der Waals surface area contributed by atoms with Crippen LogP contribution >= 0.6 is 11.3 Å². The number of thiazole rings is 1. The van der Waals surface area contributed by atoms with Gasteiger partial charge in [-0.3, -0.25) is 0 Å². The first-order chi connectivity index (χ1) is 7.35. The predicted octanol–water partition coefficient (Wildman–Crippen LogP) is 2.64. The Kier molecular flexibility index (Phi) is 2.82. The van der Waals surface area contributed by atoms with Crippen molar-refractivity contribution < 1.29 is 5.11 Å². The van der Waals surface area contributed by atoms with Crippen molar-refractivity contribution in [2.45, 2.75) is 6.04 Å². The highest BCUT2D eigenvalue weighted by Crippen LogP contribution is 2.27. The minimum Gasteiger partial charge on any atom is -0.396 e. The molecule has 2 aromatic rings. The summed E-state index contributed by atoms with van der Waals surface area (Å²) in [6, 6.07) is 7.08. The van der Waals surface area contributed by atoms with Crippen LogP contribution in [0.25, 0.3) is 20.7 Å². The third kappa shape index (κ3) is 1.92. The highest BCUT2D eigenvalue weighted by atomic mass is 32.1. The molecule has 5 nitrogen and oxygen atoms in total. The van der Waals surface area contributed by atoms with E-state index in [2.05, 4.69) is 15.0 Å². The molecule has 76 valence electrons. The number of aliphatic hydroxyl groups is 1. The summed E-state index contributed by atoms with van der Waals surface area (Å²) in [5.41, 5.74) is 9.19. The van der Waals surface area contributed by atoms with Crippen LogP contribution in [0, 0.1) is 0 Å². The Balaban J connectivity index is 2.47. The Morgan fingerprint density at radius 3 is 3.00 bits per heavy atom. The number of aromatic nitrogens is 1. The lowest BCUT2D eigenvalue weighted by Crippen LogP contribution is -1.98. The summed E-state index contributed by atoms with van der Waals surface area (Å²) in [5, 5.41) is 13.2. The third-order valence-corrected chi connectivity index (χ3v) is 3.10. The molecule has 0 saturated heterocycles. The number of aliphatic hydroxyl groups excluding tert-OH is 1. The number of hydrogen-bond acceptors (Lipinski definition) is 4. The highest BCUT2D eigenvalue weighted by molar-refractivity contribution is 7.18. The number of hydrogen-bond donors (Lipinski definition) is 1. The van der Waals surface area contributed by atoms with Gasteiger partial charge in [-0.2, -0.15) is 0 Å². The Morgan fingerprint density at radius 1 is 1.53 bits per heavy atom. The number of azide groups is 1. The SMILES string of the molecule is [N-]=[N+]=NC(CO)c1nc2ccccc2s1. The fourth-order valence-electron chi connectivity index (χ4n) is 1.26. The van der Waals surface area contributed by atoms with Crippen LogP contribution in [0.5, 0.6) is 0 Å². The number of rotatable bonds is 3. The van der Waals surface area contributed by atoms with Gasteiger partial charge in [0.25, 0.3) is 0 Å². The Bertz CT molecular complexity index is 485. The number of benzene rings is 1. The first-order valence-corrected chi connectivity index (χ1v) is 5.17. The molecule has 6 heteroatoms. The molecule has 0 radical (unpaired) electrons. The van der Waals surface area contributed by atoms with Crippen LogP contribution in [0.1, 0.15) is 11.0 Å². The Morgan fingerprint density at radius 2 is 2.33 bits per heavy atom. The van der Waals surface area contributed by atoms with E-state index in [0.717, 1.165) is 10.2 Å². The average molecular weight is 220 g/mol. The molecule has 0 aliphatic carbocycles. The van der Waals surface area contributed by atoms with E-state index >= 15 is 0 Å². The van der Waals surface area contributed by atoms with Crippen molar-refractivity contribution in [2.75, 3.05) is 6.61 Å². The molecule has 2 rings (SSSR count). The summed E-state index contributed by atoms with van der Waals surface area (Å²) in [6.07, 6.45) is 0. The van der Waals surface area contributed by atoms with E-state index in [1.54, 1.807) is 0 Å². The third-order valence-electron chi connectivity index (χ3n) is 1.96. The lowest BCUT2D eigenvalue weighted by molar-refractivity contribution is 0.268. The second kappa shape index (κ2) is 4.27. The topological polar surface area (TPSA) is 81.9 Å². The standard InChI is InChI=1S/C9H8N4OS/c10-13-12-7(5-14)9-11-6-3-1-2-4-8(6)15-9/h1-4,7,14H,5H2. The maximum Gasteiger partial charge on any atom is 0.112 e. The smallest absolute Gasteiger partial charge is 0.112 e. The van der Waals surface area contributed by atoms with E-state index in [0.29, 0.717) is 5.01 Å². The largest absolute Gasteiger partial charge is 0.396 e. The van der Waals surface area contributed by atoms with Gasteiger partial charge in [-0.25, -0.2) is 4.98 Å². The van der Waals surface area contributed by atoms with Crippen molar-refractivity contribution in [3.8, 4) is 0 Å². The molecule has 0 bridgehead atoms. The van der Waals surface area contributed by atoms with E-state index in [4.69, 9.17) is 10.6 Å². The van der Waals surface area contributed by atoms with Gasteiger partial charge in [0.1, 0.15) is 11.0 Å². The van der Waals surface area contributed by atoms with E-state index in [9.17, 15) is 0 Å². The van der Waals surface area contributed by atoms with Crippen LogP contribution < -0.4 is 0 Å². The van der Waals surface area contributed by atoms with Crippen LogP contribution in [-0.4, -0.2) is 16.7 Å². The van der Waals surface area contributed by atoms with Gasteiger partial charge in [0, 0.05) is 4.91 Å². The van der Waals surface area contributed by atoms with Crippen LogP contribution in [-0.2, 0) is 0 Å². The lowest BCUT2D eigenvalue weighted by Gasteiger charge is -2.00. The first kappa shape index (κ1) is 9.92.